The van der Waals surface area contributed by atoms with Crippen LogP contribution >= 0.6 is 0 Å². The maximum atomic E-state index is 5.96. The van der Waals surface area contributed by atoms with E-state index < -0.39 is 0 Å². The Balaban J connectivity index is 1.26. The molecule has 0 unspecified atom stereocenters. The first-order valence-electron chi connectivity index (χ1n) is 13.2. The van der Waals surface area contributed by atoms with Gasteiger partial charge in [0, 0.05) is 35.5 Å². The van der Waals surface area contributed by atoms with Crippen LogP contribution < -0.4 is 10.1 Å². The van der Waals surface area contributed by atoms with Crippen LogP contribution in [0.25, 0.3) is 10.9 Å². The van der Waals surface area contributed by atoms with Gasteiger partial charge in [-0.25, -0.2) is 0 Å². The number of fused-ring (bicyclic) bond motifs is 1. The quantitative estimate of drug-likeness (QED) is 0.256. The third-order valence-electron chi connectivity index (χ3n) is 7.77. The molecule has 0 saturated heterocycles. The topological polar surface area (TPSA) is 26.2 Å². The second kappa shape index (κ2) is 11.8. The van der Waals surface area contributed by atoms with Crippen LogP contribution in [-0.2, 0) is 7.05 Å². The Morgan fingerprint density at radius 2 is 1.35 bits per heavy atom. The number of benzene rings is 2. The van der Waals surface area contributed by atoms with Gasteiger partial charge < -0.3 is 14.6 Å². The molecule has 0 atom stereocenters. The molecule has 3 nitrogen and oxygen atoms in total. The van der Waals surface area contributed by atoms with Crippen LogP contribution in [0.4, 0.5) is 11.4 Å². The van der Waals surface area contributed by atoms with E-state index in [0.717, 1.165) is 30.2 Å². The summed E-state index contributed by atoms with van der Waals surface area (Å²) in [6.07, 6.45) is 12.6. The lowest BCUT2D eigenvalue weighted by Crippen LogP contribution is -2.29. The molecule has 1 heterocycles. The summed E-state index contributed by atoms with van der Waals surface area (Å²) in [5.41, 5.74) is 4.24. The lowest BCUT2D eigenvalue weighted by atomic mass is 9.67. The fourth-order valence-corrected chi connectivity index (χ4v) is 4.28. The normalized spacial score (nSPS) is 12.3. The fourth-order valence-electron chi connectivity index (χ4n) is 4.28. The Morgan fingerprint density at radius 1 is 0.735 bits per heavy atom. The van der Waals surface area contributed by atoms with E-state index in [9.17, 15) is 0 Å². The van der Waals surface area contributed by atoms with Crippen molar-refractivity contribution in [1.82, 2.24) is 4.57 Å². The lowest BCUT2D eigenvalue weighted by molar-refractivity contribution is 0.115. The van der Waals surface area contributed by atoms with Crippen LogP contribution in [0.3, 0.4) is 0 Å². The van der Waals surface area contributed by atoms with Gasteiger partial charge in [-0.2, -0.15) is 0 Å². The zero-order valence-electron chi connectivity index (χ0n) is 22.4. The van der Waals surface area contributed by atoms with E-state index in [1.807, 2.05) is 0 Å². The SMILES string of the molecule is Cn1ccc2cc(Nc3ccc(OCCCCCCCCCC(C)(C)C(C)(C)C)cc3)ccc21. The first kappa shape index (κ1) is 26.2. The number of anilines is 2. The molecule has 1 aromatic heterocycles. The van der Waals surface area contributed by atoms with E-state index in [2.05, 4.69) is 106 Å². The van der Waals surface area contributed by atoms with Gasteiger partial charge in [-0.15, -0.1) is 0 Å². The minimum Gasteiger partial charge on any atom is -0.494 e. The van der Waals surface area contributed by atoms with Gasteiger partial charge in [-0.1, -0.05) is 73.1 Å². The molecule has 34 heavy (non-hydrogen) atoms. The van der Waals surface area contributed by atoms with Crippen LogP contribution in [0.2, 0.25) is 0 Å². The van der Waals surface area contributed by atoms with E-state index in [1.54, 1.807) is 0 Å². The van der Waals surface area contributed by atoms with Gasteiger partial charge >= 0.3 is 0 Å². The van der Waals surface area contributed by atoms with Crippen LogP contribution in [0.5, 0.6) is 5.75 Å². The standard InChI is InChI=1S/C31H46N2O/c1-30(2,3)31(4,5)21-12-10-8-7-9-11-13-23-34-28-17-14-26(15-18-28)32-27-16-19-29-25(24-27)20-22-33(29)6/h14-20,22,24,32H,7-13,21,23H2,1-6H3. The molecule has 3 rings (SSSR count). The minimum atomic E-state index is 0.390. The van der Waals surface area contributed by atoms with Gasteiger partial charge in [0.25, 0.3) is 0 Å². The van der Waals surface area contributed by atoms with Crippen molar-refractivity contribution in [2.45, 2.75) is 86.0 Å². The Hall–Kier alpha value is -2.42. The summed E-state index contributed by atoms with van der Waals surface area (Å²) in [6.45, 7) is 12.7. The highest BCUT2D eigenvalue weighted by molar-refractivity contribution is 5.84. The van der Waals surface area contributed by atoms with Crippen molar-refractivity contribution in [1.29, 1.82) is 0 Å². The summed E-state index contributed by atoms with van der Waals surface area (Å²) in [5, 5.41) is 4.74. The smallest absolute Gasteiger partial charge is 0.119 e. The van der Waals surface area contributed by atoms with Crippen molar-refractivity contribution >= 4 is 22.3 Å². The number of nitrogens with zero attached hydrogens (tertiary/aromatic N) is 1. The Labute approximate surface area is 207 Å². The molecule has 0 spiro atoms. The third kappa shape index (κ3) is 7.55. The second-order valence-corrected chi connectivity index (χ2v) is 11.6. The van der Waals surface area contributed by atoms with Crippen LogP contribution in [0.1, 0.15) is 86.0 Å². The maximum Gasteiger partial charge on any atom is 0.119 e. The van der Waals surface area contributed by atoms with E-state index >= 15 is 0 Å². The molecule has 0 amide bonds. The first-order valence-corrected chi connectivity index (χ1v) is 13.2. The van der Waals surface area contributed by atoms with Crippen molar-refractivity contribution < 1.29 is 4.74 Å². The number of nitrogens with one attached hydrogen (secondary N) is 1. The first-order chi connectivity index (χ1) is 16.2. The number of unbranched alkanes of at least 4 members (excludes halogenated alkanes) is 6. The number of aromatic nitrogens is 1. The molecule has 0 fully saturated rings. The van der Waals surface area contributed by atoms with Crippen molar-refractivity contribution in [2.24, 2.45) is 17.9 Å². The molecule has 1 N–H and O–H groups in total. The molecule has 0 radical (unpaired) electrons. The summed E-state index contributed by atoms with van der Waals surface area (Å²) in [7, 11) is 2.07. The Bertz CT molecular complexity index is 1010. The van der Waals surface area contributed by atoms with Crippen LogP contribution in [-0.4, -0.2) is 11.2 Å². The van der Waals surface area contributed by atoms with Gasteiger partial charge in [0.05, 0.1) is 6.61 Å². The Morgan fingerprint density at radius 3 is 2.03 bits per heavy atom. The number of rotatable bonds is 13. The molecule has 0 aliphatic heterocycles. The van der Waals surface area contributed by atoms with E-state index in [0.29, 0.717) is 10.8 Å². The predicted molar refractivity (Wildman–Crippen MR) is 148 cm³/mol. The van der Waals surface area contributed by atoms with Gasteiger partial charge in [-0.3, -0.25) is 0 Å². The Kier molecular flexibility index (Phi) is 9.10. The summed E-state index contributed by atoms with van der Waals surface area (Å²) < 4.78 is 8.10. The molecule has 0 aliphatic rings. The summed E-state index contributed by atoms with van der Waals surface area (Å²) in [6, 6.07) is 16.9. The lowest BCUT2D eigenvalue weighted by Gasteiger charge is -2.39. The molecule has 3 heteroatoms. The van der Waals surface area contributed by atoms with Crippen molar-refractivity contribution in [3.05, 3.63) is 54.7 Å². The molecule has 0 bridgehead atoms. The second-order valence-electron chi connectivity index (χ2n) is 11.6. The van der Waals surface area contributed by atoms with Gasteiger partial charge in [0.15, 0.2) is 0 Å². The van der Waals surface area contributed by atoms with Crippen molar-refractivity contribution in [2.75, 3.05) is 11.9 Å². The van der Waals surface area contributed by atoms with Crippen LogP contribution in [0.15, 0.2) is 54.7 Å². The summed E-state index contributed by atoms with van der Waals surface area (Å²) in [4.78, 5) is 0. The van der Waals surface area contributed by atoms with Gasteiger partial charge in [-0.05, 0) is 72.2 Å². The average Bonchev–Trinajstić information content (AvgIpc) is 3.15. The molecular formula is C31H46N2O. The maximum absolute atomic E-state index is 5.96. The van der Waals surface area contributed by atoms with Gasteiger partial charge in [0.1, 0.15) is 5.75 Å². The molecule has 0 saturated carbocycles. The number of hydrogen-bond acceptors (Lipinski definition) is 2. The molecule has 2 aromatic carbocycles. The number of hydrogen-bond donors (Lipinski definition) is 1. The fraction of sp³-hybridized carbons (Fsp3) is 0.548. The van der Waals surface area contributed by atoms with Crippen molar-refractivity contribution in [3.63, 3.8) is 0 Å². The molecule has 3 aromatic rings. The molecule has 186 valence electrons. The predicted octanol–water partition coefficient (Wildman–Crippen LogP) is 9.49. The third-order valence-corrected chi connectivity index (χ3v) is 7.77. The monoisotopic (exact) mass is 462 g/mol. The van der Waals surface area contributed by atoms with E-state index in [1.165, 1.54) is 55.8 Å². The number of aryl methyl sites for hydroxylation is 1. The summed E-state index contributed by atoms with van der Waals surface area (Å²) >= 11 is 0. The zero-order chi connectivity index (χ0) is 24.6. The largest absolute Gasteiger partial charge is 0.494 e. The highest BCUT2D eigenvalue weighted by Crippen LogP contribution is 2.42. The molecular weight excluding hydrogens is 416 g/mol. The highest BCUT2D eigenvalue weighted by atomic mass is 16.5. The van der Waals surface area contributed by atoms with E-state index in [-0.39, 0.29) is 0 Å². The van der Waals surface area contributed by atoms with Crippen molar-refractivity contribution in [3.8, 4) is 5.75 Å². The number of ether oxygens (including phenoxy) is 1. The van der Waals surface area contributed by atoms with Crippen LogP contribution in [0, 0.1) is 10.8 Å². The summed E-state index contributed by atoms with van der Waals surface area (Å²) in [5.74, 6) is 0.950. The average molecular weight is 463 g/mol. The minimum absolute atomic E-state index is 0.390. The highest BCUT2D eigenvalue weighted by Gasteiger charge is 2.31. The van der Waals surface area contributed by atoms with E-state index in [4.69, 9.17) is 4.74 Å². The molecule has 0 aliphatic carbocycles. The zero-order valence-corrected chi connectivity index (χ0v) is 22.4. The van der Waals surface area contributed by atoms with Gasteiger partial charge in [0.2, 0.25) is 0 Å².